The molecule has 3 aromatic rings. The van der Waals surface area contributed by atoms with Crippen LogP contribution in [0, 0.1) is 0 Å². The minimum atomic E-state index is 0.616. The van der Waals surface area contributed by atoms with Gasteiger partial charge in [0.25, 0.3) is 0 Å². The molecule has 0 aliphatic carbocycles. The average molecular weight is 412 g/mol. The second kappa shape index (κ2) is 10.1. The van der Waals surface area contributed by atoms with Crippen LogP contribution in [0.15, 0.2) is 73.1 Å². The molecule has 1 heterocycles. The zero-order valence-electron chi connectivity index (χ0n) is 15.6. The van der Waals surface area contributed by atoms with Crippen LogP contribution >= 0.6 is 23.8 Å². The highest BCUT2D eigenvalue weighted by atomic mass is 35.5. The van der Waals surface area contributed by atoms with Gasteiger partial charge < -0.3 is 15.0 Å². The Bertz CT molecular complexity index is 903. The first-order chi connectivity index (χ1) is 13.7. The van der Waals surface area contributed by atoms with Gasteiger partial charge in [-0.3, -0.25) is 4.98 Å². The van der Waals surface area contributed by atoms with E-state index in [0.717, 1.165) is 22.6 Å². The Morgan fingerprint density at radius 2 is 1.86 bits per heavy atom. The molecule has 144 valence electrons. The summed E-state index contributed by atoms with van der Waals surface area (Å²) in [5, 5.41) is 4.61. The fraction of sp³-hybridized carbons (Fsp3) is 0.182. The van der Waals surface area contributed by atoms with Crippen molar-refractivity contribution in [3.05, 3.63) is 89.2 Å². The summed E-state index contributed by atoms with van der Waals surface area (Å²) in [5.74, 6) is 0.871. The molecule has 0 unspecified atom stereocenters. The summed E-state index contributed by atoms with van der Waals surface area (Å²) in [7, 11) is 0. The Balaban J connectivity index is 1.82. The van der Waals surface area contributed by atoms with E-state index in [9.17, 15) is 0 Å². The normalized spacial score (nSPS) is 10.4. The Morgan fingerprint density at radius 3 is 2.57 bits per heavy atom. The van der Waals surface area contributed by atoms with E-state index in [1.807, 2.05) is 67.7 Å². The molecule has 0 saturated heterocycles. The van der Waals surface area contributed by atoms with Crippen LogP contribution in [0.5, 0.6) is 5.75 Å². The maximum absolute atomic E-state index is 5.98. The molecule has 0 saturated carbocycles. The lowest BCUT2D eigenvalue weighted by molar-refractivity contribution is 0.327. The van der Waals surface area contributed by atoms with Gasteiger partial charge in [-0.2, -0.15) is 0 Å². The lowest BCUT2D eigenvalue weighted by Gasteiger charge is -2.27. The number of benzene rings is 2. The average Bonchev–Trinajstić information content (AvgIpc) is 2.71. The number of thiocarbonyl (C=S) groups is 1. The highest BCUT2D eigenvalue weighted by Gasteiger charge is 2.14. The lowest BCUT2D eigenvalue weighted by Crippen LogP contribution is -2.34. The molecule has 3 rings (SSSR count). The van der Waals surface area contributed by atoms with Gasteiger partial charge in [0.2, 0.25) is 0 Å². The smallest absolute Gasteiger partial charge is 0.174 e. The predicted molar refractivity (Wildman–Crippen MR) is 119 cm³/mol. The zero-order valence-corrected chi connectivity index (χ0v) is 17.2. The predicted octanol–water partition coefficient (Wildman–Crippen LogP) is 5.53. The molecule has 28 heavy (non-hydrogen) atoms. The van der Waals surface area contributed by atoms with Crippen LogP contribution in [-0.4, -0.2) is 21.6 Å². The first kappa shape index (κ1) is 20.1. The Hall–Kier alpha value is -2.63. The highest BCUT2D eigenvalue weighted by molar-refractivity contribution is 7.80. The van der Waals surface area contributed by atoms with Gasteiger partial charge in [-0.15, -0.1) is 0 Å². The molecule has 0 spiro atoms. The first-order valence-corrected chi connectivity index (χ1v) is 9.85. The van der Waals surface area contributed by atoms with E-state index in [1.165, 1.54) is 0 Å². The number of halogens is 1. The van der Waals surface area contributed by atoms with E-state index in [2.05, 4.69) is 21.3 Å². The zero-order chi connectivity index (χ0) is 19.8. The molecule has 0 fully saturated rings. The van der Waals surface area contributed by atoms with Crippen molar-refractivity contribution in [1.82, 2.24) is 9.88 Å². The van der Waals surface area contributed by atoms with Crippen LogP contribution in [0.4, 0.5) is 5.69 Å². The second-order valence-corrected chi connectivity index (χ2v) is 7.02. The first-order valence-electron chi connectivity index (χ1n) is 9.07. The Morgan fingerprint density at radius 1 is 1.07 bits per heavy atom. The number of nitrogens with one attached hydrogen (secondary N) is 1. The minimum Gasteiger partial charge on any atom is -0.494 e. The number of anilines is 1. The summed E-state index contributed by atoms with van der Waals surface area (Å²) in [6, 6.07) is 19.5. The maximum atomic E-state index is 5.98. The molecule has 0 aliphatic rings. The van der Waals surface area contributed by atoms with Crippen LogP contribution < -0.4 is 10.1 Å². The molecular formula is C22H22ClN3OS. The van der Waals surface area contributed by atoms with Gasteiger partial charge in [-0.25, -0.2) is 0 Å². The fourth-order valence-electron chi connectivity index (χ4n) is 2.78. The molecule has 1 N–H and O–H groups in total. The third-order valence-electron chi connectivity index (χ3n) is 4.11. The second-order valence-electron chi connectivity index (χ2n) is 6.20. The summed E-state index contributed by atoms with van der Waals surface area (Å²) in [4.78, 5) is 6.31. The van der Waals surface area contributed by atoms with Crippen molar-refractivity contribution in [3.8, 4) is 5.75 Å². The van der Waals surface area contributed by atoms with Gasteiger partial charge in [-0.05, 0) is 61.1 Å². The van der Waals surface area contributed by atoms with Gasteiger partial charge in [0.05, 0.1) is 6.61 Å². The Kier molecular flexibility index (Phi) is 7.23. The van der Waals surface area contributed by atoms with Gasteiger partial charge in [0.1, 0.15) is 5.75 Å². The number of hydrogen-bond donors (Lipinski definition) is 1. The largest absolute Gasteiger partial charge is 0.494 e. The van der Waals surface area contributed by atoms with Gasteiger partial charge in [0, 0.05) is 41.8 Å². The van der Waals surface area contributed by atoms with Crippen LogP contribution in [0.1, 0.15) is 18.1 Å². The molecule has 0 bridgehead atoms. The van der Waals surface area contributed by atoms with Crippen LogP contribution in [-0.2, 0) is 13.1 Å². The van der Waals surface area contributed by atoms with E-state index in [1.54, 1.807) is 6.20 Å². The SMILES string of the molecule is CCOc1ccccc1CN(Cc1cccnc1)C(=S)Nc1ccc(Cl)cc1. The number of hydrogen-bond acceptors (Lipinski definition) is 3. The summed E-state index contributed by atoms with van der Waals surface area (Å²) < 4.78 is 5.78. The minimum absolute atomic E-state index is 0.616. The number of ether oxygens (including phenoxy) is 1. The van der Waals surface area contributed by atoms with Crippen LogP contribution in [0.2, 0.25) is 5.02 Å². The molecular weight excluding hydrogens is 390 g/mol. The third-order valence-corrected chi connectivity index (χ3v) is 4.72. The summed E-state index contributed by atoms with van der Waals surface area (Å²) >= 11 is 11.7. The number of nitrogens with zero attached hydrogens (tertiary/aromatic N) is 2. The monoisotopic (exact) mass is 411 g/mol. The van der Waals surface area contributed by atoms with Gasteiger partial charge >= 0.3 is 0 Å². The Labute approximate surface area is 176 Å². The van der Waals surface area contributed by atoms with Crippen LogP contribution in [0.25, 0.3) is 0 Å². The topological polar surface area (TPSA) is 37.4 Å². The van der Waals surface area contributed by atoms with Crippen molar-refractivity contribution >= 4 is 34.6 Å². The number of aromatic nitrogens is 1. The number of para-hydroxylation sites is 1. The molecule has 6 heteroatoms. The molecule has 1 aromatic heterocycles. The van der Waals surface area contributed by atoms with Crippen molar-refractivity contribution in [2.75, 3.05) is 11.9 Å². The van der Waals surface area contributed by atoms with Crippen molar-refractivity contribution < 1.29 is 4.74 Å². The standard InChI is InChI=1S/C22H22ClN3OS/c1-2-27-21-8-4-3-7-18(21)16-26(15-17-6-5-13-24-14-17)22(28)25-20-11-9-19(23)10-12-20/h3-14H,2,15-16H2,1H3,(H,25,28). The maximum Gasteiger partial charge on any atom is 0.174 e. The molecule has 0 aliphatic heterocycles. The molecule has 0 atom stereocenters. The van der Waals surface area contributed by atoms with Gasteiger partial charge in [0.15, 0.2) is 5.11 Å². The van der Waals surface area contributed by atoms with Crippen molar-refractivity contribution in [3.63, 3.8) is 0 Å². The van der Waals surface area contributed by atoms with E-state index >= 15 is 0 Å². The molecule has 0 radical (unpaired) electrons. The number of rotatable bonds is 7. The van der Waals surface area contributed by atoms with E-state index < -0.39 is 0 Å². The summed E-state index contributed by atoms with van der Waals surface area (Å²) in [5.41, 5.74) is 3.05. The third kappa shape index (κ3) is 5.68. The summed E-state index contributed by atoms with van der Waals surface area (Å²) in [6.45, 7) is 3.85. The highest BCUT2D eigenvalue weighted by Crippen LogP contribution is 2.22. The summed E-state index contributed by atoms with van der Waals surface area (Å²) in [6.07, 6.45) is 3.62. The van der Waals surface area contributed by atoms with Gasteiger partial charge in [-0.1, -0.05) is 35.9 Å². The van der Waals surface area contributed by atoms with Crippen LogP contribution in [0.3, 0.4) is 0 Å². The van der Waals surface area contributed by atoms with E-state index in [-0.39, 0.29) is 0 Å². The van der Waals surface area contributed by atoms with Crippen molar-refractivity contribution in [2.45, 2.75) is 20.0 Å². The molecule has 0 amide bonds. The van der Waals surface area contributed by atoms with E-state index in [0.29, 0.717) is 29.8 Å². The van der Waals surface area contributed by atoms with Crippen molar-refractivity contribution in [2.24, 2.45) is 0 Å². The lowest BCUT2D eigenvalue weighted by atomic mass is 10.1. The van der Waals surface area contributed by atoms with Crippen molar-refractivity contribution in [1.29, 1.82) is 0 Å². The quantitative estimate of drug-likeness (QED) is 0.517. The molecule has 4 nitrogen and oxygen atoms in total. The number of pyridine rings is 1. The fourth-order valence-corrected chi connectivity index (χ4v) is 3.16. The molecule has 2 aromatic carbocycles. The van der Waals surface area contributed by atoms with E-state index in [4.69, 9.17) is 28.6 Å².